The quantitative estimate of drug-likeness (QED) is 0.427. The number of aryl methyl sites for hydroxylation is 1. The number of nitrogens with zero attached hydrogens (tertiary/aromatic N) is 6. The van der Waals surface area contributed by atoms with Crippen LogP contribution in [0.2, 0.25) is 0 Å². The van der Waals surface area contributed by atoms with Gasteiger partial charge in [0.1, 0.15) is 17.5 Å². The molecule has 1 amide bonds. The zero-order valence-electron chi connectivity index (χ0n) is 22.4. The van der Waals surface area contributed by atoms with E-state index in [2.05, 4.69) is 50.8 Å². The molecule has 8 heteroatoms. The van der Waals surface area contributed by atoms with Crippen LogP contribution in [0, 0.1) is 18.3 Å². The maximum absolute atomic E-state index is 12.2. The Morgan fingerprint density at radius 2 is 1.84 bits per heavy atom. The highest BCUT2D eigenvalue weighted by Crippen LogP contribution is 2.34. The summed E-state index contributed by atoms with van der Waals surface area (Å²) >= 11 is 0. The lowest BCUT2D eigenvalue weighted by atomic mass is 9.89. The molecule has 1 saturated heterocycles. The molecule has 0 aliphatic carbocycles. The maximum atomic E-state index is 12.2. The van der Waals surface area contributed by atoms with Crippen LogP contribution in [0.15, 0.2) is 48.8 Å². The average molecular weight is 508 g/mol. The molecule has 0 bridgehead atoms. The maximum Gasteiger partial charge on any atom is 0.253 e. The molecule has 0 atom stereocenters. The van der Waals surface area contributed by atoms with Crippen molar-refractivity contribution in [3.05, 3.63) is 76.7 Å². The summed E-state index contributed by atoms with van der Waals surface area (Å²) in [4.78, 5) is 25.2. The molecule has 1 aliphatic heterocycles. The number of amides is 1. The number of carbonyl (C=O) groups excluding carboxylic acids is 1. The van der Waals surface area contributed by atoms with E-state index in [1.807, 2.05) is 31.3 Å². The number of carbonyl (C=O) groups is 1. The van der Waals surface area contributed by atoms with Gasteiger partial charge < -0.3 is 15.2 Å². The predicted molar refractivity (Wildman–Crippen MR) is 150 cm³/mol. The van der Waals surface area contributed by atoms with E-state index in [9.17, 15) is 10.1 Å². The summed E-state index contributed by atoms with van der Waals surface area (Å²) in [6, 6.07) is 14.5. The summed E-state index contributed by atoms with van der Waals surface area (Å²) in [6.07, 6.45) is 5.73. The summed E-state index contributed by atoms with van der Waals surface area (Å²) in [5.41, 5.74) is 13.2. The van der Waals surface area contributed by atoms with Crippen LogP contribution >= 0.6 is 0 Å². The van der Waals surface area contributed by atoms with Gasteiger partial charge in [0.15, 0.2) is 0 Å². The van der Waals surface area contributed by atoms with Crippen molar-refractivity contribution in [3.8, 4) is 17.2 Å². The second-order valence-corrected chi connectivity index (χ2v) is 10.3. The van der Waals surface area contributed by atoms with E-state index in [4.69, 9.17) is 5.73 Å². The minimum atomic E-state index is 0.0345. The summed E-state index contributed by atoms with van der Waals surface area (Å²) < 4.78 is 2.16. The van der Waals surface area contributed by atoms with Crippen LogP contribution in [0.3, 0.4) is 0 Å². The fraction of sp³-hybridized carbons (Fsp3) is 0.333. The van der Waals surface area contributed by atoms with Gasteiger partial charge in [-0.25, -0.2) is 9.97 Å². The van der Waals surface area contributed by atoms with Crippen LogP contribution in [0.25, 0.3) is 22.2 Å². The molecule has 2 N–H and O–H groups in total. The zero-order chi connectivity index (χ0) is 27.0. The molecular weight excluding hydrogens is 474 g/mol. The summed E-state index contributed by atoms with van der Waals surface area (Å²) in [7, 11) is 5.62. The molecule has 194 valence electrons. The van der Waals surface area contributed by atoms with E-state index in [-0.39, 0.29) is 11.7 Å². The van der Waals surface area contributed by atoms with Gasteiger partial charge in [0.25, 0.3) is 5.91 Å². The molecule has 8 nitrogen and oxygen atoms in total. The van der Waals surface area contributed by atoms with Gasteiger partial charge in [-0.2, -0.15) is 5.26 Å². The number of nitriles is 1. The minimum Gasteiger partial charge on any atom is -0.383 e. The fourth-order valence-corrected chi connectivity index (χ4v) is 5.50. The topological polar surface area (TPSA) is 104 Å². The van der Waals surface area contributed by atoms with Gasteiger partial charge in [-0.1, -0.05) is 12.1 Å². The van der Waals surface area contributed by atoms with Crippen LogP contribution < -0.4 is 5.73 Å². The van der Waals surface area contributed by atoms with Crippen molar-refractivity contribution in [2.75, 3.05) is 32.9 Å². The van der Waals surface area contributed by atoms with Crippen molar-refractivity contribution in [3.63, 3.8) is 0 Å². The Labute approximate surface area is 223 Å². The molecule has 4 aromatic rings. The lowest BCUT2D eigenvalue weighted by molar-refractivity contribution is 0.0827. The van der Waals surface area contributed by atoms with Crippen molar-refractivity contribution in [1.29, 1.82) is 5.26 Å². The number of nitrogens with two attached hydrogens (primary N) is 1. The van der Waals surface area contributed by atoms with E-state index < -0.39 is 0 Å². The average Bonchev–Trinajstić information content (AvgIpc) is 3.24. The Kier molecular flexibility index (Phi) is 6.87. The van der Waals surface area contributed by atoms with Gasteiger partial charge in [-0.3, -0.25) is 9.69 Å². The van der Waals surface area contributed by atoms with Gasteiger partial charge in [0.05, 0.1) is 5.56 Å². The largest absolute Gasteiger partial charge is 0.383 e. The molecule has 1 fully saturated rings. The third-order valence-corrected chi connectivity index (χ3v) is 7.81. The Hall–Kier alpha value is -4.22. The fourth-order valence-electron chi connectivity index (χ4n) is 5.50. The van der Waals surface area contributed by atoms with Crippen LogP contribution in [0.5, 0.6) is 0 Å². The van der Waals surface area contributed by atoms with Crippen LogP contribution in [0.1, 0.15) is 51.5 Å². The predicted octanol–water partition coefficient (Wildman–Crippen LogP) is 4.48. The second kappa shape index (κ2) is 10.3. The molecule has 3 aromatic heterocycles. The Morgan fingerprint density at radius 1 is 1.13 bits per heavy atom. The van der Waals surface area contributed by atoms with Gasteiger partial charge >= 0.3 is 0 Å². The molecule has 5 rings (SSSR count). The molecule has 4 heterocycles. The zero-order valence-corrected chi connectivity index (χ0v) is 22.4. The van der Waals surface area contributed by atoms with Crippen molar-refractivity contribution < 1.29 is 4.79 Å². The first-order valence-electron chi connectivity index (χ1n) is 12.9. The SMILES string of the molecule is Cc1c(-c2ccnc3c2cc(CN2CCC(c4ccc(C(=O)N(C)C)cc4)CC2)n3C)cnc(N)c1C#N. The van der Waals surface area contributed by atoms with Gasteiger partial charge in [-0.15, -0.1) is 0 Å². The molecule has 1 aliphatic rings. The lowest BCUT2D eigenvalue weighted by Gasteiger charge is -2.32. The third-order valence-electron chi connectivity index (χ3n) is 7.81. The molecule has 1 aromatic carbocycles. The lowest BCUT2D eigenvalue weighted by Crippen LogP contribution is -2.33. The molecule has 0 saturated carbocycles. The standard InChI is InChI=1S/C30H33N7O/c1-19-26(16-31)28(32)34-17-27(19)24-9-12-33-29-25(24)15-23(36(29)4)18-37-13-10-21(11-14-37)20-5-7-22(8-6-20)30(38)35(2)3/h5-9,12,15,17,21H,10-11,13-14,18H2,1-4H3,(H2,32,34). The monoisotopic (exact) mass is 507 g/mol. The summed E-state index contributed by atoms with van der Waals surface area (Å²) in [5.74, 6) is 0.798. The molecular formula is C30H33N7O. The molecule has 0 spiro atoms. The highest BCUT2D eigenvalue weighted by molar-refractivity contribution is 5.95. The van der Waals surface area contributed by atoms with Crippen molar-refractivity contribution >= 4 is 22.8 Å². The highest BCUT2D eigenvalue weighted by atomic mass is 16.2. The van der Waals surface area contributed by atoms with Crippen LogP contribution in [0.4, 0.5) is 5.82 Å². The normalized spacial score (nSPS) is 14.5. The van der Waals surface area contributed by atoms with Gasteiger partial charge in [0.2, 0.25) is 0 Å². The first-order valence-corrected chi connectivity index (χ1v) is 12.9. The van der Waals surface area contributed by atoms with E-state index in [1.165, 1.54) is 11.3 Å². The summed E-state index contributed by atoms with van der Waals surface area (Å²) in [5, 5.41) is 10.6. The van der Waals surface area contributed by atoms with Crippen molar-refractivity contribution in [2.24, 2.45) is 7.05 Å². The Balaban J connectivity index is 1.32. The highest BCUT2D eigenvalue weighted by Gasteiger charge is 2.23. The number of likely N-dealkylation sites (tertiary alicyclic amines) is 1. The minimum absolute atomic E-state index is 0.0345. The number of nitrogen functional groups attached to an aromatic ring is 1. The Morgan fingerprint density at radius 3 is 2.50 bits per heavy atom. The van der Waals surface area contributed by atoms with E-state index in [1.54, 1.807) is 25.2 Å². The number of fused-ring (bicyclic) bond motifs is 1. The van der Waals surface area contributed by atoms with Crippen LogP contribution in [-0.2, 0) is 13.6 Å². The van der Waals surface area contributed by atoms with E-state index in [0.29, 0.717) is 11.5 Å². The van der Waals surface area contributed by atoms with Crippen molar-refractivity contribution in [1.82, 2.24) is 24.3 Å². The smallest absolute Gasteiger partial charge is 0.253 e. The number of benzene rings is 1. The molecule has 0 unspecified atom stereocenters. The number of anilines is 1. The molecule has 0 radical (unpaired) electrons. The Bertz CT molecular complexity index is 1540. The second-order valence-electron chi connectivity index (χ2n) is 10.3. The number of piperidine rings is 1. The number of rotatable bonds is 5. The summed E-state index contributed by atoms with van der Waals surface area (Å²) in [6.45, 7) is 4.78. The van der Waals surface area contributed by atoms with E-state index in [0.717, 1.165) is 65.8 Å². The van der Waals surface area contributed by atoms with Crippen LogP contribution in [-0.4, -0.2) is 57.4 Å². The van der Waals surface area contributed by atoms with Gasteiger partial charge in [0, 0.05) is 62.3 Å². The first kappa shape index (κ1) is 25.4. The number of hydrogen-bond donors (Lipinski definition) is 1. The number of hydrogen-bond acceptors (Lipinski definition) is 6. The number of pyridine rings is 2. The first-order chi connectivity index (χ1) is 18.3. The molecule has 38 heavy (non-hydrogen) atoms. The third kappa shape index (κ3) is 4.61. The van der Waals surface area contributed by atoms with E-state index >= 15 is 0 Å². The number of aromatic nitrogens is 3. The van der Waals surface area contributed by atoms with Gasteiger partial charge in [-0.05, 0) is 79.7 Å². The van der Waals surface area contributed by atoms with Crippen molar-refractivity contribution in [2.45, 2.75) is 32.2 Å².